The molecule has 1 aromatic rings. The van der Waals surface area contributed by atoms with Crippen LogP contribution in [0.4, 0.5) is 5.95 Å². The van der Waals surface area contributed by atoms with Crippen LogP contribution in [0.1, 0.15) is 19.7 Å². The molecule has 1 heterocycles. The Bertz CT molecular complexity index is 343. The molecule has 0 saturated heterocycles. The van der Waals surface area contributed by atoms with Crippen LogP contribution in [0.15, 0.2) is 0 Å². The molecule has 0 spiro atoms. The summed E-state index contributed by atoms with van der Waals surface area (Å²) in [4.78, 5) is 11.2. The number of aromatic nitrogens is 3. The summed E-state index contributed by atoms with van der Waals surface area (Å²) in [6.07, 6.45) is 0. The predicted octanol–water partition coefficient (Wildman–Crippen LogP) is 1.22. The molecule has 6 heteroatoms. The van der Waals surface area contributed by atoms with Gasteiger partial charge in [0.1, 0.15) is 6.07 Å². The van der Waals surface area contributed by atoms with Gasteiger partial charge in [-0.15, -0.1) is 0 Å². The van der Waals surface area contributed by atoms with E-state index in [1.54, 1.807) is 6.07 Å². The lowest BCUT2D eigenvalue weighted by molar-refractivity contribution is 0.863. The number of anilines is 1. The van der Waals surface area contributed by atoms with Crippen LogP contribution >= 0.6 is 11.6 Å². The minimum atomic E-state index is 0.0168. The van der Waals surface area contributed by atoms with Gasteiger partial charge >= 0.3 is 0 Å². The third kappa shape index (κ3) is 2.84. The molecule has 0 fully saturated rings. The fourth-order valence-electron chi connectivity index (χ4n) is 0.723. The molecular weight excluding hydrogens is 190 g/mol. The number of hydrogen-bond acceptors (Lipinski definition) is 5. The van der Waals surface area contributed by atoms with Gasteiger partial charge in [-0.1, -0.05) is 0 Å². The quantitative estimate of drug-likeness (QED) is 0.772. The number of hydrogen-bond donors (Lipinski definition) is 1. The summed E-state index contributed by atoms with van der Waals surface area (Å²) in [5.41, 5.74) is 0. The summed E-state index contributed by atoms with van der Waals surface area (Å²) >= 11 is 5.56. The molecule has 13 heavy (non-hydrogen) atoms. The first-order valence-corrected chi connectivity index (χ1v) is 4.08. The topological polar surface area (TPSA) is 74.5 Å². The largest absolute Gasteiger partial charge is 0.352 e. The zero-order chi connectivity index (χ0) is 9.84. The van der Waals surface area contributed by atoms with Gasteiger partial charge in [0.05, 0.1) is 0 Å². The van der Waals surface area contributed by atoms with Crippen LogP contribution in [0.5, 0.6) is 0 Å². The Morgan fingerprint density at radius 1 is 1.38 bits per heavy atom. The van der Waals surface area contributed by atoms with Crippen LogP contribution in [-0.4, -0.2) is 21.0 Å². The first kappa shape index (κ1) is 9.68. The van der Waals surface area contributed by atoms with E-state index in [1.807, 2.05) is 13.8 Å². The van der Waals surface area contributed by atoms with Gasteiger partial charge in [-0.25, -0.2) is 0 Å². The Labute approximate surface area is 80.8 Å². The smallest absolute Gasteiger partial charge is 0.238 e. The summed E-state index contributed by atoms with van der Waals surface area (Å²) in [5, 5.41) is 11.5. The number of nitrogens with one attached hydrogen (secondary N) is 1. The maximum atomic E-state index is 8.53. The molecule has 0 saturated carbocycles. The maximum Gasteiger partial charge on any atom is 0.238 e. The van der Waals surface area contributed by atoms with Crippen molar-refractivity contribution < 1.29 is 0 Å². The van der Waals surface area contributed by atoms with Crippen molar-refractivity contribution >= 4 is 17.5 Å². The van der Waals surface area contributed by atoms with E-state index in [4.69, 9.17) is 16.9 Å². The lowest BCUT2D eigenvalue weighted by Crippen LogP contribution is -2.13. The fourth-order valence-corrected chi connectivity index (χ4v) is 0.883. The summed E-state index contributed by atoms with van der Waals surface area (Å²) in [6.45, 7) is 3.87. The van der Waals surface area contributed by atoms with Crippen LogP contribution in [-0.2, 0) is 0 Å². The molecule has 1 N–H and O–H groups in total. The molecule has 0 aliphatic carbocycles. The highest BCUT2D eigenvalue weighted by Gasteiger charge is 2.04. The van der Waals surface area contributed by atoms with Crippen molar-refractivity contribution in [2.45, 2.75) is 19.9 Å². The molecule has 5 nitrogen and oxygen atoms in total. The van der Waals surface area contributed by atoms with Gasteiger partial charge in [-0.05, 0) is 25.4 Å². The van der Waals surface area contributed by atoms with Crippen molar-refractivity contribution in [1.82, 2.24) is 15.0 Å². The monoisotopic (exact) mass is 197 g/mol. The lowest BCUT2D eigenvalue weighted by atomic mass is 10.4. The van der Waals surface area contributed by atoms with E-state index in [0.717, 1.165) is 0 Å². The van der Waals surface area contributed by atoms with Gasteiger partial charge in [0.25, 0.3) is 0 Å². The van der Waals surface area contributed by atoms with E-state index in [-0.39, 0.29) is 17.1 Å². The summed E-state index contributed by atoms with van der Waals surface area (Å²) in [5.74, 6) is 0.342. The number of halogens is 1. The van der Waals surface area contributed by atoms with Crippen molar-refractivity contribution in [3.63, 3.8) is 0 Å². The second-order valence-corrected chi connectivity index (χ2v) is 3.00. The predicted molar refractivity (Wildman–Crippen MR) is 48.3 cm³/mol. The van der Waals surface area contributed by atoms with Crippen LogP contribution in [0.2, 0.25) is 5.28 Å². The Balaban J connectivity index is 2.96. The fraction of sp³-hybridized carbons (Fsp3) is 0.429. The Kier molecular flexibility index (Phi) is 2.98. The van der Waals surface area contributed by atoms with E-state index in [0.29, 0.717) is 5.95 Å². The molecule has 68 valence electrons. The SMILES string of the molecule is CC(C)Nc1nc(Cl)nc(C#N)n1. The molecule has 0 atom stereocenters. The molecular formula is C7H8ClN5. The van der Waals surface area contributed by atoms with Gasteiger partial charge in [0, 0.05) is 6.04 Å². The molecule has 0 aromatic carbocycles. The Morgan fingerprint density at radius 2 is 2.08 bits per heavy atom. The van der Waals surface area contributed by atoms with E-state index in [2.05, 4.69) is 20.3 Å². The van der Waals surface area contributed by atoms with Crippen molar-refractivity contribution in [2.75, 3.05) is 5.32 Å². The van der Waals surface area contributed by atoms with Gasteiger partial charge < -0.3 is 5.32 Å². The molecule has 1 rings (SSSR count). The second kappa shape index (κ2) is 4.01. The minimum absolute atomic E-state index is 0.0168. The third-order valence-electron chi connectivity index (χ3n) is 1.13. The standard InChI is InChI=1S/C7H8ClN5/c1-4(2)10-7-12-5(3-9)11-6(8)13-7/h4H,1-2H3,(H,10,11,12,13). The molecule has 0 radical (unpaired) electrons. The Morgan fingerprint density at radius 3 is 2.62 bits per heavy atom. The van der Waals surface area contributed by atoms with E-state index in [9.17, 15) is 0 Å². The average Bonchev–Trinajstić information content (AvgIpc) is 2.01. The highest BCUT2D eigenvalue weighted by atomic mass is 35.5. The highest BCUT2D eigenvalue weighted by Crippen LogP contribution is 2.06. The number of rotatable bonds is 2. The van der Waals surface area contributed by atoms with Crippen LogP contribution < -0.4 is 5.32 Å². The molecule has 0 aliphatic rings. The second-order valence-electron chi connectivity index (χ2n) is 2.66. The molecule has 0 amide bonds. The van der Waals surface area contributed by atoms with Crippen molar-refractivity contribution in [3.8, 4) is 6.07 Å². The zero-order valence-electron chi connectivity index (χ0n) is 7.24. The number of nitriles is 1. The van der Waals surface area contributed by atoms with Crippen LogP contribution in [0.25, 0.3) is 0 Å². The first-order valence-electron chi connectivity index (χ1n) is 3.70. The number of nitrogens with zero attached hydrogens (tertiary/aromatic N) is 4. The highest BCUT2D eigenvalue weighted by molar-refractivity contribution is 6.28. The summed E-state index contributed by atoms with van der Waals surface area (Å²) in [7, 11) is 0. The summed E-state index contributed by atoms with van der Waals surface area (Å²) < 4.78 is 0. The van der Waals surface area contributed by atoms with Crippen LogP contribution in [0, 0.1) is 11.3 Å². The minimum Gasteiger partial charge on any atom is -0.352 e. The summed E-state index contributed by atoms with van der Waals surface area (Å²) in [6, 6.07) is 1.98. The maximum absolute atomic E-state index is 8.53. The van der Waals surface area contributed by atoms with Gasteiger partial charge in [-0.2, -0.15) is 20.2 Å². The van der Waals surface area contributed by atoms with E-state index in [1.165, 1.54) is 0 Å². The van der Waals surface area contributed by atoms with Gasteiger partial charge in [-0.3, -0.25) is 0 Å². The van der Waals surface area contributed by atoms with E-state index >= 15 is 0 Å². The van der Waals surface area contributed by atoms with Crippen molar-refractivity contribution in [3.05, 3.63) is 11.1 Å². The zero-order valence-corrected chi connectivity index (χ0v) is 8.00. The normalized spacial score (nSPS) is 9.77. The first-order chi connectivity index (χ1) is 6.11. The molecule has 0 aliphatic heterocycles. The van der Waals surface area contributed by atoms with Gasteiger partial charge in [0.15, 0.2) is 0 Å². The molecule has 0 unspecified atom stereocenters. The lowest BCUT2D eigenvalue weighted by Gasteiger charge is -2.06. The molecule has 1 aromatic heterocycles. The van der Waals surface area contributed by atoms with Crippen molar-refractivity contribution in [1.29, 1.82) is 5.26 Å². The van der Waals surface area contributed by atoms with Gasteiger partial charge in [0.2, 0.25) is 17.1 Å². The Hall–Kier alpha value is -1.41. The average molecular weight is 198 g/mol. The van der Waals surface area contributed by atoms with E-state index < -0.39 is 0 Å². The molecule has 0 bridgehead atoms. The van der Waals surface area contributed by atoms with Crippen LogP contribution in [0.3, 0.4) is 0 Å². The third-order valence-corrected chi connectivity index (χ3v) is 1.29. The van der Waals surface area contributed by atoms with Crippen molar-refractivity contribution in [2.24, 2.45) is 0 Å².